The van der Waals surface area contributed by atoms with Gasteiger partial charge in [0.1, 0.15) is 0 Å². The van der Waals surface area contributed by atoms with Gasteiger partial charge < -0.3 is 5.73 Å². The van der Waals surface area contributed by atoms with Crippen molar-refractivity contribution >= 4 is 5.69 Å². The molecule has 1 aromatic rings. The van der Waals surface area contributed by atoms with E-state index in [1.165, 1.54) is 18.4 Å². The van der Waals surface area contributed by atoms with Gasteiger partial charge in [-0.3, -0.25) is 4.90 Å². The highest BCUT2D eigenvalue weighted by Gasteiger charge is 2.13. The minimum Gasteiger partial charge on any atom is -0.399 e. The Morgan fingerprint density at radius 2 is 1.88 bits per heavy atom. The van der Waals surface area contributed by atoms with Gasteiger partial charge in [0.15, 0.2) is 0 Å². The fraction of sp³-hybridized carbons (Fsp3) is 0.571. The highest BCUT2D eigenvalue weighted by molar-refractivity contribution is 5.40. The predicted molar refractivity (Wildman–Crippen MR) is 71.3 cm³/mol. The van der Waals surface area contributed by atoms with Crippen molar-refractivity contribution < 1.29 is 0 Å². The van der Waals surface area contributed by atoms with Crippen molar-refractivity contribution in [2.45, 2.75) is 46.2 Å². The molecule has 0 heterocycles. The van der Waals surface area contributed by atoms with Crippen LogP contribution in [0, 0.1) is 0 Å². The summed E-state index contributed by atoms with van der Waals surface area (Å²) >= 11 is 0. The first-order valence-corrected chi connectivity index (χ1v) is 6.29. The Hall–Kier alpha value is -1.02. The van der Waals surface area contributed by atoms with Crippen LogP contribution in [-0.2, 0) is 6.54 Å². The fourth-order valence-corrected chi connectivity index (χ4v) is 2.23. The van der Waals surface area contributed by atoms with Crippen LogP contribution in [0.15, 0.2) is 24.3 Å². The molecule has 0 amide bonds. The van der Waals surface area contributed by atoms with Crippen LogP contribution in [0.4, 0.5) is 5.69 Å². The third-order valence-electron chi connectivity index (χ3n) is 3.20. The summed E-state index contributed by atoms with van der Waals surface area (Å²) in [6.07, 6.45) is 2.43. The van der Waals surface area contributed by atoms with Crippen LogP contribution in [0.5, 0.6) is 0 Å². The lowest BCUT2D eigenvalue weighted by Crippen LogP contribution is -2.33. The maximum atomic E-state index is 5.80. The first-order valence-electron chi connectivity index (χ1n) is 6.29. The second-order valence-corrected chi connectivity index (χ2v) is 4.28. The zero-order chi connectivity index (χ0) is 12.0. The largest absolute Gasteiger partial charge is 0.399 e. The Kier molecular flexibility index (Phi) is 5.33. The lowest BCUT2D eigenvalue weighted by molar-refractivity contribution is 0.187. The Morgan fingerprint density at radius 1 is 1.19 bits per heavy atom. The molecule has 0 spiro atoms. The molecule has 2 heteroatoms. The van der Waals surface area contributed by atoms with Crippen LogP contribution in [0.2, 0.25) is 0 Å². The molecule has 2 nitrogen and oxygen atoms in total. The number of anilines is 1. The highest BCUT2D eigenvalue weighted by atomic mass is 15.1. The second kappa shape index (κ2) is 6.54. The van der Waals surface area contributed by atoms with Gasteiger partial charge in [-0.05, 0) is 37.1 Å². The van der Waals surface area contributed by atoms with Crippen LogP contribution >= 0.6 is 0 Å². The molecule has 0 saturated carbocycles. The van der Waals surface area contributed by atoms with Gasteiger partial charge in [-0.15, -0.1) is 0 Å². The maximum absolute atomic E-state index is 5.80. The molecule has 0 fully saturated rings. The average Bonchev–Trinajstić information content (AvgIpc) is 2.29. The molecule has 1 aromatic carbocycles. The molecule has 2 N–H and O–H groups in total. The molecule has 0 radical (unpaired) electrons. The highest BCUT2D eigenvalue weighted by Crippen LogP contribution is 2.14. The molecule has 0 aliphatic rings. The van der Waals surface area contributed by atoms with Crippen LogP contribution < -0.4 is 5.73 Å². The molecule has 0 aliphatic heterocycles. The number of nitrogen functional groups attached to an aromatic ring is 1. The van der Waals surface area contributed by atoms with Gasteiger partial charge in [0.25, 0.3) is 0 Å². The molecule has 1 rings (SSSR count). The molecular weight excluding hydrogens is 196 g/mol. The molecule has 16 heavy (non-hydrogen) atoms. The standard InChI is InChI=1S/C14H24N2/c1-4-14(5-2)16(6-3)11-12-8-7-9-13(15)10-12/h7-10,14H,4-6,11,15H2,1-3H3. The van der Waals surface area contributed by atoms with Gasteiger partial charge in [-0.2, -0.15) is 0 Å². The minimum atomic E-state index is 0.687. The third-order valence-corrected chi connectivity index (χ3v) is 3.20. The summed E-state index contributed by atoms with van der Waals surface area (Å²) < 4.78 is 0. The SMILES string of the molecule is CCC(CC)N(CC)Cc1cccc(N)c1. The first kappa shape index (κ1) is 13.0. The van der Waals surface area contributed by atoms with Crippen molar-refractivity contribution in [1.82, 2.24) is 4.90 Å². The summed E-state index contributed by atoms with van der Waals surface area (Å²) in [6, 6.07) is 8.89. The van der Waals surface area contributed by atoms with Gasteiger partial charge >= 0.3 is 0 Å². The fourth-order valence-electron chi connectivity index (χ4n) is 2.23. The third kappa shape index (κ3) is 3.53. The maximum Gasteiger partial charge on any atom is 0.0317 e. The first-order chi connectivity index (χ1) is 7.71. The van der Waals surface area contributed by atoms with Gasteiger partial charge in [0.2, 0.25) is 0 Å². The second-order valence-electron chi connectivity index (χ2n) is 4.28. The molecule has 0 unspecified atom stereocenters. The summed E-state index contributed by atoms with van der Waals surface area (Å²) in [5.74, 6) is 0. The normalized spacial score (nSPS) is 11.3. The van der Waals surface area contributed by atoms with E-state index < -0.39 is 0 Å². The summed E-state index contributed by atoms with van der Waals surface area (Å²) in [5, 5.41) is 0. The molecule has 0 aliphatic carbocycles. The van der Waals surface area contributed by atoms with Crippen LogP contribution in [0.3, 0.4) is 0 Å². The van der Waals surface area contributed by atoms with E-state index in [1.54, 1.807) is 0 Å². The Balaban J connectivity index is 2.69. The van der Waals surface area contributed by atoms with E-state index in [2.05, 4.69) is 37.8 Å². The van der Waals surface area contributed by atoms with E-state index in [0.717, 1.165) is 18.8 Å². The van der Waals surface area contributed by atoms with Crippen molar-refractivity contribution in [1.29, 1.82) is 0 Å². The lowest BCUT2D eigenvalue weighted by atomic mass is 10.1. The Bertz CT molecular complexity index is 305. The van der Waals surface area contributed by atoms with Crippen LogP contribution in [0.1, 0.15) is 39.2 Å². The predicted octanol–water partition coefficient (Wildman–Crippen LogP) is 3.28. The van der Waals surface area contributed by atoms with Crippen LogP contribution in [0.25, 0.3) is 0 Å². The topological polar surface area (TPSA) is 29.3 Å². The van der Waals surface area contributed by atoms with E-state index in [1.807, 2.05) is 12.1 Å². The Morgan fingerprint density at radius 3 is 2.38 bits per heavy atom. The molecule has 0 saturated heterocycles. The van der Waals surface area contributed by atoms with E-state index in [4.69, 9.17) is 5.73 Å². The van der Waals surface area contributed by atoms with E-state index in [0.29, 0.717) is 6.04 Å². The number of nitrogens with zero attached hydrogens (tertiary/aromatic N) is 1. The minimum absolute atomic E-state index is 0.687. The number of hydrogen-bond acceptors (Lipinski definition) is 2. The zero-order valence-electron chi connectivity index (χ0n) is 10.7. The van der Waals surface area contributed by atoms with Gasteiger partial charge in [-0.25, -0.2) is 0 Å². The number of hydrogen-bond donors (Lipinski definition) is 1. The van der Waals surface area contributed by atoms with Gasteiger partial charge in [0.05, 0.1) is 0 Å². The summed E-state index contributed by atoms with van der Waals surface area (Å²) in [5.41, 5.74) is 7.97. The smallest absolute Gasteiger partial charge is 0.0317 e. The van der Waals surface area contributed by atoms with Gasteiger partial charge in [0, 0.05) is 18.3 Å². The molecule has 0 atom stereocenters. The van der Waals surface area contributed by atoms with Crippen molar-refractivity contribution in [3.8, 4) is 0 Å². The Labute approximate surface area is 99.5 Å². The molecule has 0 aromatic heterocycles. The summed E-state index contributed by atoms with van der Waals surface area (Å²) in [6.45, 7) is 8.85. The van der Waals surface area contributed by atoms with Crippen molar-refractivity contribution in [3.05, 3.63) is 29.8 Å². The molecule has 0 bridgehead atoms. The van der Waals surface area contributed by atoms with Crippen LogP contribution in [-0.4, -0.2) is 17.5 Å². The summed E-state index contributed by atoms with van der Waals surface area (Å²) in [7, 11) is 0. The average molecular weight is 220 g/mol. The quantitative estimate of drug-likeness (QED) is 0.745. The van der Waals surface area contributed by atoms with Crippen molar-refractivity contribution in [2.24, 2.45) is 0 Å². The summed E-state index contributed by atoms with van der Waals surface area (Å²) in [4.78, 5) is 2.52. The van der Waals surface area contributed by atoms with Crippen molar-refractivity contribution in [2.75, 3.05) is 12.3 Å². The van der Waals surface area contributed by atoms with E-state index in [9.17, 15) is 0 Å². The number of benzene rings is 1. The number of nitrogens with two attached hydrogens (primary N) is 1. The van der Waals surface area contributed by atoms with Crippen molar-refractivity contribution in [3.63, 3.8) is 0 Å². The lowest BCUT2D eigenvalue weighted by Gasteiger charge is -2.29. The molecule has 90 valence electrons. The monoisotopic (exact) mass is 220 g/mol. The van der Waals surface area contributed by atoms with E-state index >= 15 is 0 Å². The zero-order valence-corrected chi connectivity index (χ0v) is 10.7. The molecular formula is C14H24N2. The van der Waals surface area contributed by atoms with E-state index in [-0.39, 0.29) is 0 Å². The number of rotatable bonds is 6. The van der Waals surface area contributed by atoms with Gasteiger partial charge in [-0.1, -0.05) is 32.9 Å².